The second-order valence-corrected chi connectivity index (χ2v) is 9.14. The molecule has 4 aromatic rings. The molecule has 1 aliphatic heterocycles. The van der Waals surface area contributed by atoms with Crippen molar-refractivity contribution in [1.29, 1.82) is 0 Å². The van der Waals surface area contributed by atoms with E-state index in [1.807, 2.05) is 23.6 Å². The Morgan fingerprint density at radius 2 is 1.71 bits per heavy atom. The summed E-state index contributed by atoms with van der Waals surface area (Å²) in [6.07, 6.45) is 1.64. The van der Waals surface area contributed by atoms with Crippen molar-refractivity contribution in [3.63, 3.8) is 0 Å². The molecule has 0 saturated carbocycles. The van der Waals surface area contributed by atoms with Crippen LogP contribution in [0.25, 0.3) is 27.7 Å². The van der Waals surface area contributed by atoms with Crippen molar-refractivity contribution >= 4 is 51.3 Å². The normalized spacial score (nSPS) is 14.5. The van der Waals surface area contributed by atoms with Crippen molar-refractivity contribution in [1.82, 2.24) is 5.32 Å². The van der Waals surface area contributed by atoms with Crippen LogP contribution in [0.1, 0.15) is 5.56 Å². The number of nitrogens with one attached hydrogen (secondary N) is 1. The van der Waals surface area contributed by atoms with Crippen molar-refractivity contribution in [3.05, 3.63) is 86.7 Å². The Labute approximate surface area is 202 Å². The van der Waals surface area contributed by atoms with Gasteiger partial charge in [0.25, 0.3) is 11.1 Å². The van der Waals surface area contributed by atoms with Crippen LogP contribution in [0.15, 0.2) is 80.2 Å². The summed E-state index contributed by atoms with van der Waals surface area (Å²) < 4.78 is 17.6. The van der Waals surface area contributed by atoms with Gasteiger partial charge in [0.1, 0.15) is 24.5 Å². The molecule has 34 heavy (non-hydrogen) atoms. The maximum atomic E-state index is 13.1. The molecule has 0 bridgehead atoms. The third-order valence-electron chi connectivity index (χ3n) is 4.92. The maximum Gasteiger partial charge on any atom is 0.290 e. The Bertz CT molecular complexity index is 1460. The highest BCUT2D eigenvalue weighted by Crippen LogP contribution is 2.33. The SMILES string of the molecule is O=C1NC(=O)/C(=C/c2ccc(OCCOc3c(-c4cccs4)oc4ccccc4c3=O)cc2)S1. The summed E-state index contributed by atoms with van der Waals surface area (Å²) in [5.74, 6) is 0.777. The number of para-hydroxylation sites is 1. The van der Waals surface area contributed by atoms with Gasteiger partial charge in [0.2, 0.25) is 11.2 Å². The Morgan fingerprint density at radius 3 is 2.44 bits per heavy atom. The van der Waals surface area contributed by atoms with Gasteiger partial charge in [-0.3, -0.25) is 19.7 Å². The highest BCUT2D eigenvalue weighted by Gasteiger charge is 2.24. The predicted octanol–water partition coefficient (Wildman–Crippen LogP) is 5.30. The third-order valence-corrected chi connectivity index (χ3v) is 6.60. The summed E-state index contributed by atoms with van der Waals surface area (Å²) in [6, 6.07) is 17.9. The summed E-state index contributed by atoms with van der Waals surface area (Å²) >= 11 is 2.33. The molecule has 170 valence electrons. The molecular formula is C25H17NO6S2. The first-order valence-corrected chi connectivity index (χ1v) is 12.0. The van der Waals surface area contributed by atoms with Crippen LogP contribution in [0.2, 0.25) is 0 Å². The van der Waals surface area contributed by atoms with E-state index < -0.39 is 5.91 Å². The van der Waals surface area contributed by atoms with Crippen LogP contribution in [0, 0.1) is 0 Å². The summed E-state index contributed by atoms with van der Waals surface area (Å²) in [5.41, 5.74) is 1.05. The van der Waals surface area contributed by atoms with E-state index in [9.17, 15) is 14.4 Å². The molecule has 0 spiro atoms. The van der Waals surface area contributed by atoms with Crippen LogP contribution < -0.4 is 20.2 Å². The van der Waals surface area contributed by atoms with Crippen molar-refractivity contribution < 1.29 is 23.5 Å². The van der Waals surface area contributed by atoms with Crippen molar-refractivity contribution in [2.75, 3.05) is 13.2 Å². The molecule has 9 heteroatoms. The lowest BCUT2D eigenvalue weighted by Crippen LogP contribution is -2.17. The molecule has 0 aliphatic carbocycles. The van der Waals surface area contributed by atoms with Gasteiger partial charge < -0.3 is 13.9 Å². The number of thiophene rings is 1. The minimum atomic E-state index is -0.396. The number of ether oxygens (including phenoxy) is 2. The van der Waals surface area contributed by atoms with Crippen LogP contribution in [-0.2, 0) is 4.79 Å². The van der Waals surface area contributed by atoms with E-state index in [2.05, 4.69) is 5.32 Å². The molecule has 1 aliphatic rings. The van der Waals surface area contributed by atoms with Crippen LogP contribution in [0.4, 0.5) is 4.79 Å². The minimum Gasteiger partial charge on any atom is -0.490 e. The Kier molecular flexibility index (Phi) is 6.20. The fourth-order valence-electron chi connectivity index (χ4n) is 3.36. The number of rotatable bonds is 7. The monoisotopic (exact) mass is 491 g/mol. The highest BCUT2D eigenvalue weighted by atomic mass is 32.2. The third kappa shape index (κ3) is 4.61. The van der Waals surface area contributed by atoms with E-state index in [1.54, 1.807) is 48.5 Å². The summed E-state index contributed by atoms with van der Waals surface area (Å²) in [5, 5.41) is 4.21. The molecule has 2 aromatic carbocycles. The molecule has 0 atom stereocenters. The van der Waals surface area contributed by atoms with Gasteiger partial charge in [-0.15, -0.1) is 11.3 Å². The molecule has 1 saturated heterocycles. The van der Waals surface area contributed by atoms with E-state index >= 15 is 0 Å². The second-order valence-electron chi connectivity index (χ2n) is 7.18. The number of hydrogen-bond donors (Lipinski definition) is 1. The summed E-state index contributed by atoms with van der Waals surface area (Å²) in [6.45, 7) is 0.357. The van der Waals surface area contributed by atoms with Crippen molar-refractivity contribution in [2.24, 2.45) is 0 Å². The lowest BCUT2D eigenvalue weighted by molar-refractivity contribution is -0.115. The molecule has 1 fully saturated rings. The zero-order valence-electron chi connectivity index (χ0n) is 17.6. The number of carbonyl (C=O) groups is 2. The predicted molar refractivity (Wildman–Crippen MR) is 132 cm³/mol. The lowest BCUT2D eigenvalue weighted by atomic mass is 10.2. The smallest absolute Gasteiger partial charge is 0.290 e. The first kappa shape index (κ1) is 22.0. The Balaban J connectivity index is 1.26. The largest absolute Gasteiger partial charge is 0.490 e. The van der Waals surface area contributed by atoms with Gasteiger partial charge in [-0.25, -0.2) is 0 Å². The van der Waals surface area contributed by atoms with Gasteiger partial charge in [0.05, 0.1) is 15.2 Å². The minimum absolute atomic E-state index is 0.145. The van der Waals surface area contributed by atoms with Gasteiger partial charge in [-0.2, -0.15) is 0 Å². The second kappa shape index (κ2) is 9.58. The number of hydrogen-bond acceptors (Lipinski definition) is 8. The topological polar surface area (TPSA) is 94.8 Å². The molecular weight excluding hydrogens is 474 g/mol. The molecule has 0 unspecified atom stereocenters. The van der Waals surface area contributed by atoms with Crippen LogP contribution in [-0.4, -0.2) is 24.4 Å². The molecule has 0 radical (unpaired) electrons. The van der Waals surface area contributed by atoms with Gasteiger partial charge in [-0.1, -0.05) is 30.3 Å². The van der Waals surface area contributed by atoms with Crippen LogP contribution in [0.5, 0.6) is 11.5 Å². The van der Waals surface area contributed by atoms with Gasteiger partial charge in [-0.05, 0) is 59.1 Å². The summed E-state index contributed by atoms with van der Waals surface area (Å²) in [7, 11) is 0. The summed E-state index contributed by atoms with van der Waals surface area (Å²) in [4.78, 5) is 37.1. The fraction of sp³-hybridized carbons (Fsp3) is 0.0800. The zero-order valence-corrected chi connectivity index (χ0v) is 19.2. The average molecular weight is 492 g/mol. The van der Waals surface area contributed by atoms with Crippen LogP contribution >= 0.6 is 23.1 Å². The molecule has 5 rings (SSSR count). The molecule has 3 heterocycles. The van der Waals surface area contributed by atoms with Gasteiger partial charge >= 0.3 is 0 Å². The lowest BCUT2D eigenvalue weighted by Gasteiger charge is -2.11. The van der Waals surface area contributed by atoms with E-state index in [1.165, 1.54) is 11.3 Å². The van der Waals surface area contributed by atoms with E-state index in [4.69, 9.17) is 13.9 Å². The Morgan fingerprint density at radius 1 is 0.912 bits per heavy atom. The first-order chi connectivity index (χ1) is 16.6. The van der Waals surface area contributed by atoms with Gasteiger partial charge in [0, 0.05) is 0 Å². The number of benzene rings is 2. The number of thioether (sulfide) groups is 1. The Hall–Kier alpha value is -3.82. The molecule has 2 amide bonds. The van der Waals surface area contributed by atoms with Gasteiger partial charge in [0.15, 0.2) is 5.76 Å². The van der Waals surface area contributed by atoms with Crippen molar-refractivity contribution in [2.45, 2.75) is 0 Å². The van der Waals surface area contributed by atoms with Crippen molar-refractivity contribution in [3.8, 4) is 22.1 Å². The average Bonchev–Trinajstić information content (AvgIpc) is 3.48. The number of amides is 2. The molecule has 7 nitrogen and oxygen atoms in total. The maximum absolute atomic E-state index is 13.1. The number of fused-ring (bicyclic) bond motifs is 1. The molecule has 2 aromatic heterocycles. The molecule has 1 N–H and O–H groups in total. The van der Waals surface area contributed by atoms with E-state index in [0.29, 0.717) is 27.4 Å². The fourth-order valence-corrected chi connectivity index (χ4v) is 4.75. The van der Waals surface area contributed by atoms with Crippen LogP contribution in [0.3, 0.4) is 0 Å². The number of imide groups is 1. The highest BCUT2D eigenvalue weighted by molar-refractivity contribution is 8.18. The first-order valence-electron chi connectivity index (χ1n) is 10.3. The van der Waals surface area contributed by atoms with E-state index in [-0.39, 0.29) is 29.6 Å². The number of carbonyl (C=O) groups excluding carboxylic acids is 2. The quantitative estimate of drug-likeness (QED) is 0.277. The zero-order chi connectivity index (χ0) is 23.5. The van der Waals surface area contributed by atoms with E-state index in [0.717, 1.165) is 22.2 Å². The standard InChI is InChI=1S/C25H17NO6S2/c27-21-17-4-1-2-5-18(17)32-22(19-6-3-13-33-19)23(21)31-12-11-30-16-9-7-15(8-10-16)14-20-24(28)26-25(29)34-20/h1-10,13-14H,11-12H2,(H,26,28,29)/b20-14-.